The Kier molecular flexibility index (Phi) is 18.0. The minimum absolute atomic E-state index is 0.0683. The molecule has 1 heterocycles. The summed E-state index contributed by atoms with van der Waals surface area (Å²) >= 11 is 6.86. The van der Waals surface area contributed by atoms with E-state index in [-0.39, 0.29) is 5.75 Å². The highest BCUT2D eigenvalue weighted by Gasteiger charge is 2.58. The molecule has 0 saturated carbocycles. The number of hydrogen-bond acceptors (Lipinski definition) is 6. The summed E-state index contributed by atoms with van der Waals surface area (Å²) in [7, 11) is 0. The molecule has 0 spiro atoms. The Morgan fingerprint density at radius 3 is 1.96 bits per heavy atom. The van der Waals surface area contributed by atoms with E-state index < -0.39 is 30.0 Å². The number of phenols is 1. The predicted molar refractivity (Wildman–Crippen MR) is 197 cm³/mol. The molecule has 0 amide bonds. The Bertz CT molecular complexity index is 1220. The lowest BCUT2D eigenvalue weighted by atomic mass is 9.75. The van der Waals surface area contributed by atoms with Crippen LogP contribution in [0.2, 0.25) is 5.02 Å². The molecule has 1 saturated heterocycles. The number of phenolic OH excluding ortho intramolecular Hbond substituents is 1. The molecule has 1 aliphatic rings. The molecule has 5 atom stereocenters. The van der Waals surface area contributed by atoms with Crippen molar-refractivity contribution in [2.75, 3.05) is 33.0 Å². The van der Waals surface area contributed by atoms with Gasteiger partial charge in [-0.05, 0) is 74.3 Å². The number of rotatable bonds is 23. The van der Waals surface area contributed by atoms with Gasteiger partial charge < -0.3 is 28.8 Å². The van der Waals surface area contributed by atoms with Gasteiger partial charge in [-0.15, -0.1) is 6.58 Å². The molecule has 0 unspecified atom stereocenters. The summed E-state index contributed by atoms with van der Waals surface area (Å²) in [5.41, 5.74) is 3.75. The van der Waals surface area contributed by atoms with Crippen LogP contribution in [-0.4, -0.2) is 62.6 Å². The van der Waals surface area contributed by atoms with Gasteiger partial charge in [-0.1, -0.05) is 102 Å². The van der Waals surface area contributed by atoms with Gasteiger partial charge in [0.05, 0.1) is 6.61 Å². The summed E-state index contributed by atoms with van der Waals surface area (Å²) < 4.78 is 33.9. The van der Waals surface area contributed by atoms with Gasteiger partial charge in [-0.2, -0.15) is 0 Å². The third-order valence-electron chi connectivity index (χ3n) is 9.16. The number of hydrogen-bond donors (Lipinski definition) is 1. The largest absolute Gasteiger partial charge is 0.508 e. The van der Waals surface area contributed by atoms with Crippen LogP contribution in [0.5, 0.6) is 5.75 Å². The van der Waals surface area contributed by atoms with Crippen molar-refractivity contribution in [3.8, 4) is 5.75 Å². The van der Waals surface area contributed by atoms with Gasteiger partial charge in [0, 0.05) is 43.4 Å². The lowest BCUT2D eigenvalue weighted by molar-refractivity contribution is -0.308. The molecular formula is C41H63ClO6. The molecule has 7 heteroatoms. The van der Waals surface area contributed by atoms with Crippen LogP contribution in [-0.2, 0) is 42.1 Å². The van der Waals surface area contributed by atoms with E-state index in [1.54, 1.807) is 6.07 Å². The molecule has 3 rings (SSSR count). The Hall–Kier alpha value is -1.93. The minimum atomic E-state index is -1.13. The first-order valence-electron chi connectivity index (χ1n) is 18.6. The van der Waals surface area contributed by atoms with Crippen molar-refractivity contribution >= 4 is 11.6 Å². The standard InChI is InChI=1S/C41H63ClO6/c1-8-13-21-44-29-37-38(45-22-14-9-2)39(46-23-15-10-3)40(47-24-16-11-4)41(48-37,28-30(6)7)34-26-33(35(42)27-36(34)43)25-32-19-17-31(12-5)18-20-32/h17-20,26-27,37-40,43H,6,8-16,21-25,28-29H2,1-5,7H3/t37-,38-,39+,40-,41+/m1/s1. The topological polar surface area (TPSA) is 66.4 Å². The summed E-state index contributed by atoms with van der Waals surface area (Å²) in [6.45, 7) is 19.8. The SMILES string of the molecule is C=C(C)C[C@@]1(c2cc(Cc3ccc(CC)cc3)c(Cl)cc2O)O[C@H](COCCCC)[C@@H](OCCCC)[C@H](OCCCC)[C@H]1OCCCC. The highest BCUT2D eigenvalue weighted by atomic mass is 35.5. The van der Waals surface area contributed by atoms with Crippen molar-refractivity contribution in [2.45, 2.75) is 142 Å². The van der Waals surface area contributed by atoms with E-state index in [2.05, 4.69) is 65.5 Å². The maximum absolute atomic E-state index is 11.8. The third-order valence-corrected chi connectivity index (χ3v) is 9.51. The van der Waals surface area contributed by atoms with Gasteiger partial charge in [-0.3, -0.25) is 0 Å². The zero-order valence-corrected chi connectivity index (χ0v) is 31.4. The third kappa shape index (κ3) is 11.3. The van der Waals surface area contributed by atoms with Gasteiger partial charge in [0.25, 0.3) is 0 Å². The summed E-state index contributed by atoms with van der Waals surface area (Å²) in [5, 5.41) is 12.3. The average molecular weight is 687 g/mol. The van der Waals surface area contributed by atoms with Crippen molar-refractivity contribution in [3.63, 3.8) is 0 Å². The van der Waals surface area contributed by atoms with Crippen LogP contribution in [0.4, 0.5) is 0 Å². The Morgan fingerprint density at radius 2 is 1.38 bits per heavy atom. The molecule has 0 radical (unpaired) electrons. The van der Waals surface area contributed by atoms with E-state index in [9.17, 15) is 5.11 Å². The second kappa shape index (κ2) is 21.3. The van der Waals surface area contributed by atoms with Crippen LogP contribution in [0.15, 0.2) is 48.6 Å². The first-order valence-corrected chi connectivity index (χ1v) is 19.0. The van der Waals surface area contributed by atoms with Crippen molar-refractivity contribution < 1.29 is 28.8 Å². The van der Waals surface area contributed by atoms with Crippen LogP contribution in [0, 0.1) is 0 Å². The maximum atomic E-state index is 11.8. The molecule has 1 fully saturated rings. The Balaban J connectivity index is 2.22. The quantitative estimate of drug-likeness (QED) is 0.0927. The lowest BCUT2D eigenvalue weighted by Crippen LogP contribution is -2.66. The van der Waals surface area contributed by atoms with Crippen LogP contribution < -0.4 is 0 Å². The van der Waals surface area contributed by atoms with E-state index in [0.29, 0.717) is 56.5 Å². The molecule has 0 aromatic heterocycles. The first-order chi connectivity index (χ1) is 23.2. The normalized spacial score (nSPS) is 22.6. The monoisotopic (exact) mass is 686 g/mol. The number of halogens is 1. The van der Waals surface area contributed by atoms with Gasteiger partial charge in [0.15, 0.2) is 0 Å². The summed E-state index contributed by atoms with van der Waals surface area (Å²) in [5.74, 6) is 0.0683. The first kappa shape index (κ1) is 40.5. The number of ether oxygens (including phenoxy) is 5. The minimum Gasteiger partial charge on any atom is -0.508 e. The van der Waals surface area contributed by atoms with Gasteiger partial charge in [-0.25, -0.2) is 0 Å². The smallest absolute Gasteiger partial charge is 0.130 e. The summed E-state index contributed by atoms with van der Waals surface area (Å²) in [6.07, 6.45) is 7.85. The second-order valence-electron chi connectivity index (χ2n) is 13.4. The number of benzene rings is 2. The van der Waals surface area contributed by atoms with Crippen LogP contribution in [0.1, 0.15) is 122 Å². The van der Waals surface area contributed by atoms with Gasteiger partial charge >= 0.3 is 0 Å². The van der Waals surface area contributed by atoms with Crippen LogP contribution in [0.25, 0.3) is 0 Å². The maximum Gasteiger partial charge on any atom is 0.130 e. The van der Waals surface area contributed by atoms with E-state index in [1.807, 2.05) is 13.0 Å². The molecule has 1 aliphatic heterocycles. The molecule has 270 valence electrons. The van der Waals surface area contributed by atoms with Crippen molar-refractivity contribution in [1.29, 1.82) is 0 Å². The Morgan fingerprint density at radius 1 is 0.812 bits per heavy atom. The highest BCUT2D eigenvalue weighted by molar-refractivity contribution is 6.31. The zero-order valence-electron chi connectivity index (χ0n) is 30.7. The molecule has 0 bridgehead atoms. The van der Waals surface area contributed by atoms with E-state index in [0.717, 1.165) is 74.5 Å². The molecule has 0 aliphatic carbocycles. The number of aryl methyl sites for hydroxylation is 1. The van der Waals surface area contributed by atoms with E-state index in [4.69, 9.17) is 35.3 Å². The fourth-order valence-corrected chi connectivity index (χ4v) is 6.65. The average Bonchev–Trinajstić information content (AvgIpc) is 3.06. The summed E-state index contributed by atoms with van der Waals surface area (Å²) in [6, 6.07) is 12.3. The van der Waals surface area contributed by atoms with Crippen LogP contribution >= 0.6 is 11.6 Å². The highest BCUT2D eigenvalue weighted by Crippen LogP contribution is 2.50. The van der Waals surface area contributed by atoms with Crippen molar-refractivity contribution in [2.24, 2.45) is 0 Å². The fourth-order valence-electron chi connectivity index (χ4n) is 6.42. The molecular weight excluding hydrogens is 624 g/mol. The van der Waals surface area contributed by atoms with Crippen molar-refractivity contribution in [1.82, 2.24) is 0 Å². The van der Waals surface area contributed by atoms with Gasteiger partial charge in [0.2, 0.25) is 0 Å². The predicted octanol–water partition coefficient (Wildman–Crippen LogP) is 10.1. The van der Waals surface area contributed by atoms with E-state index >= 15 is 0 Å². The zero-order chi connectivity index (χ0) is 34.9. The fraction of sp³-hybridized carbons (Fsp3) is 0.659. The molecule has 2 aromatic rings. The van der Waals surface area contributed by atoms with Gasteiger partial charge in [0.1, 0.15) is 35.8 Å². The number of unbranched alkanes of at least 4 members (excludes halogenated alkanes) is 4. The molecule has 1 N–H and O–H groups in total. The second-order valence-corrected chi connectivity index (χ2v) is 13.8. The summed E-state index contributed by atoms with van der Waals surface area (Å²) in [4.78, 5) is 0. The Labute approximate surface area is 296 Å². The molecule has 48 heavy (non-hydrogen) atoms. The molecule has 6 nitrogen and oxygen atoms in total. The van der Waals surface area contributed by atoms with Crippen molar-refractivity contribution in [3.05, 3.63) is 75.8 Å². The van der Waals surface area contributed by atoms with Crippen LogP contribution in [0.3, 0.4) is 0 Å². The van der Waals surface area contributed by atoms with E-state index in [1.165, 1.54) is 5.56 Å². The lowest BCUT2D eigenvalue weighted by Gasteiger charge is -2.53. The molecule has 2 aromatic carbocycles. The number of aromatic hydroxyl groups is 1.